The first-order valence-corrected chi connectivity index (χ1v) is 3.86. The molecule has 74 valence electrons. The number of carbonyl (C=O) groups excluding carboxylic acids is 2. The zero-order valence-corrected chi connectivity index (χ0v) is 7.28. The summed E-state index contributed by atoms with van der Waals surface area (Å²) in [5.74, 6) is 4.38. The summed E-state index contributed by atoms with van der Waals surface area (Å²) in [6, 6.07) is 7.79. The lowest BCUT2D eigenvalue weighted by atomic mass is 10.2. The van der Waals surface area contributed by atoms with Crippen molar-refractivity contribution in [2.45, 2.75) is 0 Å². The molecule has 14 heavy (non-hydrogen) atoms. The van der Waals surface area contributed by atoms with Crippen LogP contribution in [0.4, 0.5) is 4.79 Å². The predicted molar refractivity (Wildman–Crippen MR) is 49.8 cm³/mol. The van der Waals surface area contributed by atoms with E-state index in [0.29, 0.717) is 5.56 Å². The zero-order valence-electron chi connectivity index (χ0n) is 7.28. The van der Waals surface area contributed by atoms with E-state index in [-0.39, 0.29) is 0 Å². The quantitative estimate of drug-likeness (QED) is 0.276. The lowest BCUT2D eigenvalue weighted by Gasteiger charge is -2.05. The lowest BCUT2D eigenvalue weighted by Crippen LogP contribution is -2.49. The van der Waals surface area contributed by atoms with Crippen LogP contribution in [0, 0.1) is 0 Å². The van der Waals surface area contributed by atoms with Crippen LogP contribution in [0.5, 0.6) is 0 Å². The van der Waals surface area contributed by atoms with Crippen LogP contribution in [0.3, 0.4) is 0 Å². The standard InChI is InChI=1S/C8H10N4O2/c9-10-8(14)12-11-7(13)6-4-2-1-3-5-6/h1-5H,9H2,(H,11,13)(H2,10,12,14). The van der Waals surface area contributed by atoms with Gasteiger partial charge in [0.2, 0.25) is 0 Å². The molecule has 0 saturated carbocycles. The molecule has 3 amide bonds. The Morgan fingerprint density at radius 2 is 1.71 bits per heavy atom. The number of amides is 3. The minimum atomic E-state index is -0.686. The molecule has 1 aromatic rings. The monoisotopic (exact) mass is 194 g/mol. The Labute approximate surface area is 80.4 Å². The number of carbonyl (C=O) groups is 2. The highest BCUT2D eigenvalue weighted by molar-refractivity contribution is 5.95. The van der Waals surface area contributed by atoms with Gasteiger partial charge in [0.25, 0.3) is 5.91 Å². The predicted octanol–water partition coefficient (Wildman–Crippen LogP) is -0.496. The van der Waals surface area contributed by atoms with E-state index in [1.807, 2.05) is 5.43 Å². The maximum Gasteiger partial charge on any atom is 0.347 e. The van der Waals surface area contributed by atoms with Crippen LogP contribution < -0.4 is 22.1 Å². The van der Waals surface area contributed by atoms with E-state index in [0.717, 1.165) is 0 Å². The summed E-state index contributed by atoms with van der Waals surface area (Å²) in [5, 5.41) is 0. The molecule has 0 atom stereocenters. The van der Waals surface area contributed by atoms with E-state index in [4.69, 9.17) is 5.84 Å². The van der Waals surface area contributed by atoms with Crippen LogP contribution in [0.2, 0.25) is 0 Å². The van der Waals surface area contributed by atoms with Crippen molar-refractivity contribution in [1.82, 2.24) is 16.3 Å². The first-order valence-electron chi connectivity index (χ1n) is 3.86. The van der Waals surface area contributed by atoms with Gasteiger partial charge in [-0.15, -0.1) is 0 Å². The van der Waals surface area contributed by atoms with E-state index in [1.165, 1.54) is 0 Å². The summed E-state index contributed by atoms with van der Waals surface area (Å²) in [4.78, 5) is 21.9. The van der Waals surface area contributed by atoms with Crippen molar-refractivity contribution in [3.8, 4) is 0 Å². The molecular weight excluding hydrogens is 184 g/mol. The van der Waals surface area contributed by atoms with Crippen LogP contribution in [-0.2, 0) is 0 Å². The number of rotatable bonds is 1. The van der Waals surface area contributed by atoms with Crippen molar-refractivity contribution in [2.75, 3.05) is 0 Å². The largest absolute Gasteiger partial charge is 0.347 e. The molecule has 1 aromatic carbocycles. The molecule has 0 aromatic heterocycles. The second-order valence-electron chi connectivity index (χ2n) is 2.42. The number of hydrogen-bond acceptors (Lipinski definition) is 3. The molecule has 0 aliphatic carbocycles. The van der Waals surface area contributed by atoms with Crippen LogP contribution in [0.25, 0.3) is 0 Å². The maximum absolute atomic E-state index is 11.3. The van der Waals surface area contributed by atoms with Gasteiger partial charge in [-0.3, -0.25) is 15.6 Å². The van der Waals surface area contributed by atoms with E-state index in [2.05, 4.69) is 10.9 Å². The van der Waals surface area contributed by atoms with Crippen molar-refractivity contribution in [1.29, 1.82) is 0 Å². The molecule has 0 unspecified atom stereocenters. The van der Waals surface area contributed by atoms with Gasteiger partial charge in [-0.25, -0.2) is 16.1 Å². The molecule has 0 bridgehead atoms. The Balaban J connectivity index is 2.48. The molecule has 6 nitrogen and oxygen atoms in total. The normalized spacial score (nSPS) is 8.93. The van der Waals surface area contributed by atoms with Gasteiger partial charge in [0, 0.05) is 5.56 Å². The topological polar surface area (TPSA) is 96.2 Å². The first kappa shape index (κ1) is 10.0. The fraction of sp³-hybridized carbons (Fsp3) is 0. The lowest BCUT2D eigenvalue weighted by molar-refractivity contribution is 0.0936. The maximum atomic E-state index is 11.3. The van der Waals surface area contributed by atoms with Crippen LogP contribution in [0.1, 0.15) is 10.4 Å². The van der Waals surface area contributed by atoms with Crippen molar-refractivity contribution < 1.29 is 9.59 Å². The number of hydrazine groups is 2. The summed E-state index contributed by atoms with van der Waals surface area (Å²) < 4.78 is 0. The van der Waals surface area contributed by atoms with E-state index >= 15 is 0 Å². The highest BCUT2D eigenvalue weighted by Gasteiger charge is 2.04. The van der Waals surface area contributed by atoms with Crippen molar-refractivity contribution >= 4 is 11.9 Å². The van der Waals surface area contributed by atoms with Crippen molar-refractivity contribution in [3.05, 3.63) is 35.9 Å². The summed E-state index contributed by atoms with van der Waals surface area (Å²) in [6.07, 6.45) is 0. The SMILES string of the molecule is NNC(=O)NNC(=O)c1ccccc1. The van der Waals surface area contributed by atoms with Gasteiger partial charge in [0.05, 0.1) is 0 Å². The fourth-order valence-electron chi connectivity index (χ4n) is 0.811. The Kier molecular flexibility index (Phi) is 3.45. The second kappa shape index (κ2) is 4.83. The molecular formula is C8H10N4O2. The van der Waals surface area contributed by atoms with Gasteiger partial charge in [-0.2, -0.15) is 0 Å². The van der Waals surface area contributed by atoms with Gasteiger partial charge >= 0.3 is 6.03 Å². The Hall–Kier alpha value is -2.08. The van der Waals surface area contributed by atoms with Crippen LogP contribution in [0.15, 0.2) is 30.3 Å². The average Bonchev–Trinajstić information content (AvgIpc) is 2.26. The number of nitrogens with one attached hydrogen (secondary N) is 3. The minimum Gasteiger partial charge on any atom is -0.275 e. The van der Waals surface area contributed by atoms with Gasteiger partial charge in [0.1, 0.15) is 0 Å². The third-order valence-corrected chi connectivity index (χ3v) is 1.46. The van der Waals surface area contributed by atoms with Gasteiger partial charge < -0.3 is 0 Å². The number of hydrogen-bond donors (Lipinski definition) is 4. The van der Waals surface area contributed by atoms with Crippen molar-refractivity contribution in [2.24, 2.45) is 5.84 Å². The minimum absolute atomic E-state index is 0.408. The number of nitrogens with two attached hydrogens (primary N) is 1. The summed E-state index contributed by atoms with van der Waals surface area (Å²) in [6.45, 7) is 0. The molecule has 5 N–H and O–H groups in total. The smallest absolute Gasteiger partial charge is 0.275 e. The fourth-order valence-corrected chi connectivity index (χ4v) is 0.811. The highest BCUT2D eigenvalue weighted by Crippen LogP contribution is 1.96. The first-order chi connectivity index (χ1) is 6.74. The molecule has 0 radical (unpaired) electrons. The molecule has 0 heterocycles. The average molecular weight is 194 g/mol. The third kappa shape index (κ3) is 2.76. The number of benzene rings is 1. The molecule has 6 heteroatoms. The summed E-state index contributed by atoms with van der Waals surface area (Å²) in [7, 11) is 0. The Morgan fingerprint density at radius 1 is 1.07 bits per heavy atom. The van der Waals surface area contributed by atoms with Gasteiger partial charge in [-0.1, -0.05) is 18.2 Å². The molecule has 0 saturated heterocycles. The molecule has 0 spiro atoms. The van der Waals surface area contributed by atoms with Gasteiger partial charge in [0.15, 0.2) is 0 Å². The Bertz CT molecular complexity index is 325. The Morgan fingerprint density at radius 3 is 2.29 bits per heavy atom. The van der Waals surface area contributed by atoms with Crippen LogP contribution >= 0.6 is 0 Å². The van der Waals surface area contributed by atoms with E-state index in [1.54, 1.807) is 30.3 Å². The zero-order chi connectivity index (χ0) is 10.4. The molecule has 0 aliphatic heterocycles. The van der Waals surface area contributed by atoms with E-state index < -0.39 is 11.9 Å². The molecule has 0 aliphatic rings. The number of urea groups is 1. The van der Waals surface area contributed by atoms with Gasteiger partial charge in [-0.05, 0) is 12.1 Å². The highest BCUT2D eigenvalue weighted by atomic mass is 16.2. The third-order valence-electron chi connectivity index (χ3n) is 1.46. The van der Waals surface area contributed by atoms with E-state index in [9.17, 15) is 9.59 Å². The second-order valence-corrected chi connectivity index (χ2v) is 2.42. The molecule has 0 fully saturated rings. The van der Waals surface area contributed by atoms with Crippen molar-refractivity contribution in [3.63, 3.8) is 0 Å². The summed E-state index contributed by atoms with van der Waals surface area (Å²) >= 11 is 0. The molecule has 1 rings (SSSR count). The van der Waals surface area contributed by atoms with Crippen LogP contribution in [-0.4, -0.2) is 11.9 Å². The summed E-state index contributed by atoms with van der Waals surface area (Å²) in [5.41, 5.74) is 6.48.